The number of carbonyl (C=O) groups excluding carboxylic acids is 1. The average Bonchev–Trinajstić information content (AvgIpc) is 2.95. The van der Waals surface area contributed by atoms with Crippen LogP contribution < -0.4 is 11.1 Å². The number of phosphoric acid groups is 1. The molecule has 0 bridgehead atoms. The van der Waals surface area contributed by atoms with Crippen LogP contribution in [0.25, 0.3) is 0 Å². The van der Waals surface area contributed by atoms with Gasteiger partial charge in [-0.1, -0.05) is 134 Å². The fourth-order valence-electron chi connectivity index (χ4n) is 4.51. The maximum absolute atomic E-state index is 12.6. The molecular weight excluding hydrogens is 539 g/mol. The van der Waals surface area contributed by atoms with Crippen LogP contribution in [-0.4, -0.2) is 47.8 Å². The van der Waals surface area contributed by atoms with E-state index in [4.69, 9.17) is 14.8 Å². The summed E-state index contributed by atoms with van der Waals surface area (Å²) in [6, 6.07) is -0.868. The van der Waals surface area contributed by atoms with Gasteiger partial charge in [-0.25, -0.2) is 4.57 Å². The van der Waals surface area contributed by atoms with Crippen molar-refractivity contribution in [2.24, 2.45) is 5.73 Å². The summed E-state index contributed by atoms with van der Waals surface area (Å²) >= 11 is 0. The highest BCUT2D eigenvalue weighted by Crippen LogP contribution is 2.43. The maximum Gasteiger partial charge on any atom is 0.472 e. The number of hydrogen-bond acceptors (Lipinski definition) is 6. The summed E-state index contributed by atoms with van der Waals surface area (Å²) in [7, 11) is -4.32. The number of phosphoric ester groups is 1. The van der Waals surface area contributed by atoms with Gasteiger partial charge in [-0.3, -0.25) is 13.8 Å². The highest BCUT2D eigenvalue weighted by atomic mass is 31.2. The van der Waals surface area contributed by atoms with E-state index in [1.54, 1.807) is 6.08 Å². The average molecular weight is 603 g/mol. The minimum Gasteiger partial charge on any atom is -0.387 e. The lowest BCUT2D eigenvalue weighted by Crippen LogP contribution is -2.45. The van der Waals surface area contributed by atoms with Crippen LogP contribution >= 0.6 is 7.82 Å². The van der Waals surface area contributed by atoms with E-state index >= 15 is 0 Å². The molecule has 0 aliphatic rings. The molecule has 0 aliphatic carbocycles. The molecule has 41 heavy (non-hydrogen) atoms. The van der Waals surface area contributed by atoms with E-state index in [9.17, 15) is 19.4 Å². The van der Waals surface area contributed by atoms with Crippen LogP contribution in [-0.2, 0) is 18.4 Å². The molecule has 0 spiro atoms. The number of amides is 1. The molecular formula is C32H63N2O6P. The molecule has 0 saturated carbocycles. The monoisotopic (exact) mass is 602 g/mol. The first-order valence-electron chi connectivity index (χ1n) is 16.5. The quantitative estimate of drug-likeness (QED) is 0.0374. The molecule has 0 aliphatic heterocycles. The summed E-state index contributed by atoms with van der Waals surface area (Å²) < 4.78 is 21.8. The summed E-state index contributed by atoms with van der Waals surface area (Å²) in [6.07, 6.45) is 29.6. The van der Waals surface area contributed by atoms with Crippen molar-refractivity contribution in [1.82, 2.24) is 5.32 Å². The Morgan fingerprint density at radius 1 is 0.780 bits per heavy atom. The molecule has 242 valence electrons. The van der Waals surface area contributed by atoms with Crippen molar-refractivity contribution in [3.8, 4) is 0 Å². The zero-order valence-corrected chi connectivity index (χ0v) is 27.2. The lowest BCUT2D eigenvalue weighted by Gasteiger charge is -2.23. The molecule has 0 rings (SSSR count). The van der Waals surface area contributed by atoms with Crippen LogP contribution in [0.3, 0.4) is 0 Å². The fourth-order valence-corrected chi connectivity index (χ4v) is 5.27. The normalized spacial score (nSPS) is 15.0. The van der Waals surface area contributed by atoms with Crippen LogP contribution in [0.5, 0.6) is 0 Å². The molecule has 9 heteroatoms. The largest absolute Gasteiger partial charge is 0.472 e. The third kappa shape index (κ3) is 27.6. The summed E-state index contributed by atoms with van der Waals surface area (Å²) in [5, 5.41) is 13.4. The smallest absolute Gasteiger partial charge is 0.387 e. The Morgan fingerprint density at radius 3 is 1.83 bits per heavy atom. The number of nitrogens with two attached hydrogens (primary N) is 1. The Hall–Kier alpha value is -1.02. The Balaban J connectivity index is 4.27. The minimum atomic E-state index is -4.32. The summed E-state index contributed by atoms with van der Waals surface area (Å²) in [5.41, 5.74) is 5.32. The number of aliphatic hydroxyl groups excluding tert-OH is 1. The predicted molar refractivity (Wildman–Crippen MR) is 171 cm³/mol. The van der Waals surface area contributed by atoms with Gasteiger partial charge < -0.3 is 21.1 Å². The van der Waals surface area contributed by atoms with Crippen LogP contribution in [0.4, 0.5) is 0 Å². The molecule has 0 aromatic heterocycles. The molecule has 3 unspecified atom stereocenters. The lowest BCUT2D eigenvalue weighted by atomic mass is 10.0. The Morgan fingerprint density at radius 2 is 1.29 bits per heavy atom. The van der Waals surface area contributed by atoms with E-state index < -0.39 is 20.0 Å². The first-order valence-corrected chi connectivity index (χ1v) is 18.0. The SMILES string of the molecule is CCC/C=C/CC/C=C/C(O)C(COP(=O)(O)OCCN)NC(=O)CCCCCCCCCCCCCCCCC. The number of nitrogens with one attached hydrogen (secondary N) is 1. The van der Waals surface area contributed by atoms with Crippen molar-refractivity contribution in [3.05, 3.63) is 24.3 Å². The van der Waals surface area contributed by atoms with Crippen LogP contribution in [0.15, 0.2) is 24.3 Å². The second-order valence-electron chi connectivity index (χ2n) is 11.0. The van der Waals surface area contributed by atoms with Gasteiger partial charge >= 0.3 is 7.82 Å². The fraction of sp³-hybridized carbons (Fsp3) is 0.844. The first-order chi connectivity index (χ1) is 19.9. The van der Waals surface area contributed by atoms with Gasteiger partial charge in [0.25, 0.3) is 0 Å². The number of rotatable bonds is 30. The Labute approximate surface area is 251 Å². The summed E-state index contributed by atoms with van der Waals surface area (Å²) in [5.74, 6) is -0.209. The van der Waals surface area contributed by atoms with Crippen LogP contribution in [0.1, 0.15) is 142 Å². The molecule has 0 aromatic rings. The second-order valence-corrected chi connectivity index (χ2v) is 12.5. The number of aliphatic hydroxyl groups is 1. The standard InChI is InChI=1S/C32H63N2O6P/c1-3-5-7-9-11-12-13-14-15-16-17-18-20-22-24-26-32(36)34-30(29-40-41(37,38)39-28-27-33)31(35)25-23-21-19-10-8-6-4-2/h8,10,23,25,30-31,35H,3-7,9,11-22,24,26-29,33H2,1-2H3,(H,34,36)(H,37,38)/b10-8+,25-23+. The Kier molecular flexibility index (Phi) is 28.3. The third-order valence-electron chi connectivity index (χ3n) is 7.01. The molecule has 8 nitrogen and oxygen atoms in total. The van der Waals surface area contributed by atoms with Crippen molar-refractivity contribution in [2.75, 3.05) is 19.8 Å². The van der Waals surface area contributed by atoms with Crippen molar-refractivity contribution in [2.45, 2.75) is 154 Å². The second kappa shape index (κ2) is 29.1. The van der Waals surface area contributed by atoms with Crippen molar-refractivity contribution in [1.29, 1.82) is 0 Å². The topological polar surface area (TPSA) is 131 Å². The predicted octanol–water partition coefficient (Wildman–Crippen LogP) is 7.88. The van der Waals surface area contributed by atoms with Gasteiger partial charge in [0.1, 0.15) is 0 Å². The van der Waals surface area contributed by atoms with Gasteiger partial charge in [0.15, 0.2) is 0 Å². The van der Waals surface area contributed by atoms with E-state index in [2.05, 4.69) is 31.3 Å². The van der Waals surface area contributed by atoms with Crippen molar-refractivity contribution in [3.63, 3.8) is 0 Å². The molecule has 0 heterocycles. The zero-order valence-electron chi connectivity index (χ0n) is 26.3. The highest BCUT2D eigenvalue weighted by molar-refractivity contribution is 7.47. The van der Waals surface area contributed by atoms with E-state index in [1.807, 2.05) is 6.08 Å². The molecule has 5 N–H and O–H groups in total. The maximum atomic E-state index is 12.6. The number of carbonyl (C=O) groups is 1. The Bertz CT molecular complexity index is 704. The molecule has 0 radical (unpaired) electrons. The van der Waals surface area contributed by atoms with Gasteiger partial charge in [-0.05, 0) is 25.7 Å². The van der Waals surface area contributed by atoms with Crippen molar-refractivity contribution < 1.29 is 28.4 Å². The van der Waals surface area contributed by atoms with Gasteiger partial charge in [0.05, 0.1) is 25.4 Å². The minimum absolute atomic E-state index is 0.0748. The van der Waals surface area contributed by atoms with Crippen LogP contribution in [0, 0.1) is 0 Å². The van der Waals surface area contributed by atoms with E-state index in [-0.39, 0.29) is 25.7 Å². The van der Waals surface area contributed by atoms with Crippen molar-refractivity contribution >= 4 is 13.7 Å². The zero-order chi connectivity index (χ0) is 30.4. The number of allylic oxidation sites excluding steroid dienone is 3. The van der Waals surface area contributed by atoms with E-state index in [0.29, 0.717) is 6.42 Å². The molecule has 3 atom stereocenters. The first kappa shape index (κ1) is 40.0. The third-order valence-corrected chi connectivity index (χ3v) is 8.00. The summed E-state index contributed by atoms with van der Waals surface area (Å²) in [6.45, 7) is 3.98. The van der Waals surface area contributed by atoms with Gasteiger partial charge in [0, 0.05) is 13.0 Å². The summed E-state index contributed by atoms with van der Waals surface area (Å²) in [4.78, 5) is 22.4. The van der Waals surface area contributed by atoms with Gasteiger partial charge in [-0.2, -0.15) is 0 Å². The molecule has 0 saturated heterocycles. The lowest BCUT2D eigenvalue weighted by molar-refractivity contribution is -0.123. The van der Waals surface area contributed by atoms with Crippen LogP contribution in [0.2, 0.25) is 0 Å². The molecule has 0 aromatic carbocycles. The van der Waals surface area contributed by atoms with Gasteiger partial charge in [-0.15, -0.1) is 0 Å². The molecule has 1 amide bonds. The highest BCUT2D eigenvalue weighted by Gasteiger charge is 2.26. The van der Waals surface area contributed by atoms with E-state index in [0.717, 1.165) is 44.9 Å². The van der Waals surface area contributed by atoms with E-state index in [1.165, 1.54) is 77.0 Å². The number of hydrogen-bond donors (Lipinski definition) is 4. The van der Waals surface area contributed by atoms with Gasteiger partial charge in [0.2, 0.25) is 5.91 Å². The molecule has 0 fully saturated rings. The number of unbranched alkanes of at least 4 members (excludes halogenated alkanes) is 16.